The van der Waals surface area contributed by atoms with Crippen LogP contribution in [0.5, 0.6) is 5.75 Å². The van der Waals surface area contributed by atoms with Crippen LogP contribution in [-0.2, 0) is 21.4 Å². The van der Waals surface area contributed by atoms with Crippen molar-refractivity contribution in [3.63, 3.8) is 0 Å². The molecule has 2 fully saturated rings. The molecule has 0 aliphatic carbocycles. The second kappa shape index (κ2) is 11.8. The number of nitrogens with one attached hydrogen (secondary N) is 1. The number of nitrogens with zero attached hydrogens (tertiary/aromatic N) is 4. The van der Waals surface area contributed by atoms with Crippen molar-refractivity contribution in [3.8, 4) is 17.1 Å². The normalized spacial score (nSPS) is 19.1. The Morgan fingerprint density at radius 3 is 2.62 bits per heavy atom. The first-order valence-corrected chi connectivity index (χ1v) is 14.6. The summed E-state index contributed by atoms with van der Waals surface area (Å²) in [5, 5.41) is 6.90. The van der Waals surface area contributed by atoms with Gasteiger partial charge >= 0.3 is 0 Å². The third kappa shape index (κ3) is 6.29. The molecular formula is C27H32FN5O5S. The van der Waals surface area contributed by atoms with Gasteiger partial charge in [0.1, 0.15) is 16.5 Å². The largest absolute Gasteiger partial charge is 0.495 e. The summed E-state index contributed by atoms with van der Waals surface area (Å²) >= 11 is 0. The van der Waals surface area contributed by atoms with Crippen molar-refractivity contribution in [1.82, 2.24) is 19.3 Å². The minimum Gasteiger partial charge on any atom is -0.495 e. The molecule has 0 spiro atoms. The van der Waals surface area contributed by atoms with Gasteiger partial charge in [-0.3, -0.25) is 9.69 Å². The van der Waals surface area contributed by atoms with E-state index in [0.29, 0.717) is 55.6 Å². The molecule has 208 valence electrons. The second-order valence-electron chi connectivity index (χ2n) is 9.91. The Balaban J connectivity index is 1.24. The number of hydrogen-bond acceptors (Lipinski definition) is 8. The van der Waals surface area contributed by atoms with E-state index in [4.69, 9.17) is 9.26 Å². The molecule has 12 heteroatoms. The molecule has 2 aliphatic heterocycles. The fourth-order valence-corrected chi connectivity index (χ4v) is 6.78. The van der Waals surface area contributed by atoms with Crippen LogP contribution >= 0.6 is 0 Å². The predicted octanol–water partition coefficient (Wildman–Crippen LogP) is 3.91. The molecule has 10 nitrogen and oxygen atoms in total. The Labute approximate surface area is 227 Å². The van der Waals surface area contributed by atoms with Crippen LogP contribution in [0.1, 0.15) is 38.0 Å². The topological polar surface area (TPSA) is 118 Å². The zero-order valence-corrected chi connectivity index (χ0v) is 22.6. The average Bonchev–Trinajstić information content (AvgIpc) is 3.42. The van der Waals surface area contributed by atoms with E-state index in [1.165, 1.54) is 29.6 Å². The molecule has 2 aromatic carbocycles. The van der Waals surface area contributed by atoms with Crippen molar-refractivity contribution in [3.05, 3.63) is 54.2 Å². The lowest BCUT2D eigenvalue weighted by molar-refractivity contribution is -0.121. The summed E-state index contributed by atoms with van der Waals surface area (Å²) in [5.74, 6) is 0.243. The zero-order valence-electron chi connectivity index (χ0n) is 21.8. The number of benzene rings is 2. The number of amides is 1. The number of carbonyl (C=O) groups excluding carboxylic acids is 1. The Morgan fingerprint density at radius 1 is 1.10 bits per heavy atom. The van der Waals surface area contributed by atoms with Crippen LogP contribution in [0.4, 0.5) is 10.1 Å². The van der Waals surface area contributed by atoms with Gasteiger partial charge in [0.05, 0.1) is 19.6 Å². The maximum Gasteiger partial charge on any atom is 0.246 e. The van der Waals surface area contributed by atoms with Crippen LogP contribution in [0, 0.1) is 11.7 Å². The second-order valence-corrected chi connectivity index (χ2v) is 11.8. The number of likely N-dealkylation sites (tertiary alicyclic amines) is 1. The summed E-state index contributed by atoms with van der Waals surface area (Å²) in [5.41, 5.74) is 1.07. The Bertz CT molecular complexity index is 1410. The number of hydrogen-bond donors (Lipinski definition) is 1. The lowest BCUT2D eigenvalue weighted by Gasteiger charge is -2.31. The van der Waals surface area contributed by atoms with E-state index in [1.807, 2.05) is 0 Å². The van der Waals surface area contributed by atoms with E-state index in [-0.39, 0.29) is 28.3 Å². The van der Waals surface area contributed by atoms with Crippen LogP contribution in [0.2, 0.25) is 0 Å². The molecule has 39 heavy (non-hydrogen) atoms. The fourth-order valence-electron chi connectivity index (χ4n) is 5.08. The van der Waals surface area contributed by atoms with Crippen LogP contribution in [0.15, 0.2) is 51.9 Å². The summed E-state index contributed by atoms with van der Waals surface area (Å²) in [4.78, 5) is 19.7. The smallest absolute Gasteiger partial charge is 0.246 e. The molecule has 0 radical (unpaired) electrons. The third-order valence-corrected chi connectivity index (χ3v) is 9.09. The molecule has 2 saturated heterocycles. The number of halogens is 1. The van der Waals surface area contributed by atoms with Crippen LogP contribution in [-0.4, -0.2) is 67.0 Å². The molecule has 0 bridgehead atoms. The number of anilines is 1. The molecule has 2 aliphatic rings. The molecule has 1 amide bonds. The van der Waals surface area contributed by atoms with Crippen molar-refractivity contribution in [2.45, 2.75) is 43.5 Å². The highest BCUT2D eigenvalue weighted by Gasteiger charge is 2.31. The number of sulfonamides is 1. The zero-order chi connectivity index (χ0) is 27.4. The predicted molar refractivity (Wildman–Crippen MR) is 142 cm³/mol. The molecule has 1 N–H and O–H groups in total. The van der Waals surface area contributed by atoms with Crippen molar-refractivity contribution >= 4 is 21.6 Å². The van der Waals surface area contributed by atoms with Gasteiger partial charge in [-0.2, -0.15) is 9.29 Å². The van der Waals surface area contributed by atoms with Gasteiger partial charge in [-0.15, -0.1) is 0 Å². The fraction of sp³-hybridized carbons (Fsp3) is 0.444. The van der Waals surface area contributed by atoms with Gasteiger partial charge in [-0.05, 0) is 74.7 Å². The third-order valence-electron chi connectivity index (χ3n) is 7.17. The number of rotatable bonds is 8. The maximum absolute atomic E-state index is 13.3. The van der Waals surface area contributed by atoms with Crippen molar-refractivity contribution < 1.29 is 26.9 Å². The van der Waals surface area contributed by atoms with Crippen molar-refractivity contribution in [1.29, 1.82) is 0 Å². The maximum atomic E-state index is 13.3. The van der Waals surface area contributed by atoms with E-state index in [0.717, 1.165) is 32.2 Å². The molecule has 1 aromatic heterocycles. The average molecular weight is 558 g/mol. The quantitative estimate of drug-likeness (QED) is 0.443. The number of methoxy groups -OCH3 is 1. The SMILES string of the molecule is COc1ccc(NC(=O)C2CCCN(Cc3nc(-c4ccc(F)cc4)no3)C2)cc1S(=O)(=O)N1CCCCC1. The first-order valence-electron chi connectivity index (χ1n) is 13.1. The van der Waals surface area contributed by atoms with E-state index in [2.05, 4.69) is 20.4 Å². The number of ether oxygens (including phenoxy) is 1. The minimum atomic E-state index is -3.74. The van der Waals surface area contributed by atoms with Gasteiger partial charge in [0, 0.05) is 30.9 Å². The molecule has 3 aromatic rings. The van der Waals surface area contributed by atoms with E-state index >= 15 is 0 Å². The summed E-state index contributed by atoms with van der Waals surface area (Å²) in [6.45, 7) is 2.61. The number of piperidine rings is 2. The van der Waals surface area contributed by atoms with Gasteiger partial charge in [-0.25, -0.2) is 12.8 Å². The molecule has 0 saturated carbocycles. The molecular weight excluding hydrogens is 525 g/mol. The van der Waals surface area contributed by atoms with Gasteiger partial charge in [0.25, 0.3) is 0 Å². The Hall–Kier alpha value is -3.35. The molecule has 5 rings (SSSR count). The van der Waals surface area contributed by atoms with Gasteiger partial charge in [0.2, 0.25) is 27.6 Å². The number of aromatic nitrogens is 2. The van der Waals surface area contributed by atoms with Gasteiger partial charge in [-0.1, -0.05) is 11.6 Å². The molecule has 3 heterocycles. The van der Waals surface area contributed by atoms with Crippen molar-refractivity contribution in [2.24, 2.45) is 5.92 Å². The van der Waals surface area contributed by atoms with E-state index < -0.39 is 10.0 Å². The number of carbonyl (C=O) groups is 1. The Morgan fingerprint density at radius 2 is 1.87 bits per heavy atom. The first-order chi connectivity index (χ1) is 18.8. The lowest BCUT2D eigenvalue weighted by atomic mass is 9.97. The summed E-state index contributed by atoms with van der Waals surface area (Å²) in [7, 11) is -2.31. The highest BCUT2D eigenvalue weighted by Crippen LogP contribution is 2.32. The first kappa shape index (κ1) is 27.2. The standard InChI is InChI=1S/C27H32FN5O5S/c1-37-23-12-11-22(16-24(23)39(35,36)33-14-3-2-4-15-33)29-27(34)20-6-5-13-32(17-20)18-25-30-26(31-38-25)19-7-9-21(28)10-8-19/h7-12,16,20H,2-6,13-15,17-18H2,1H3,(H,29,34). The highest BCUT2D eigenvalue weighted by molar-refractivity contribution is 7.89. The highest BCUT2D eigenvalue weighted by atomic mass is 32.2. The molecule has 1 atom stereocenters. The van der Waals surface area contributed by atoms with E-state index in [1.54, 1.807) is 24.3 Å². The monoisotopic (exact) mass is 557 g/mol. The lowest BCUT2D eigenvalue weighted by Crippen LogP contribution is -2.40. The van der Waals surface area contributed by atoms with Crippen LogP contribution < -0.4 is 10.1 Å². The van der Waals surface area contributed by atoms with Gasteiger partial charge in [0.15, 0.2) is 0 Å². The molecule has 1 unspecified atom stereocenters. The van der Waals surface area contributed by atoms with E-state index in [9.17, 15) is 17.6 Å². The Kier molecular flexibility index (Phi) is 8.24. The van der Waals surface area contributed by atoms with Crippen LogP contribution in [0.3, 0.4) is 0 Å². The van der Waals surface area contributed by atoms with Crippen molar-refractivity contribution in [2.75, 3.05) is 38.6 Å². The van der Waals surface area contributed by atoms with Gasteiger partial charge < -0.3 is 14.6 Å². The summed E-state index contributed by atoms with van der Waals surface area (Å²) in [6.07, 6.45) is 4.19. The summed E-state index contributed by atoms with van der Waals surface area (Å²) in [6, 6.07) is 10.6. The van der Waals surface area contributed by atoms with Crippen LogP contribution in [0.25, 0.3) is 11.4 Å². The minimum absolute atomic E-state index is 0.0586. The summed E-state index contributed by atoms with van der Waals surface area (Å²) < 4.78 is 52.1.